The van der Waals surface area contributed by atoms with Gasteiger partial charge in [-0.25, -0.2) is 0 Å². The molecule has 1 atom stereocenters. The van der Waals surface area contributed by atoms with Crippen molar-refractivity contribution >= 4 is 0 Å². The largest absolute Gasteiger partial charge is 0.496 e. The van der Waals surface area contributed by atoms with Crippen LogP contribution in [0.3, 0.4) is 0 Å². The Labute approximate surface area is 128 Å². The molecule has 0 spiro atoms. The Kier molecular flexibility index (Phi) is 5.82. The third kappa shape index (κ3) is 4.61. The van der Waals surface area contributed by atoms with Crippen molar-refractivity contribution in [3.05, 3.63) is 65.7 Å². The molecule has 0 aliphatic heterocycles. The van der Waals surface area contributed by atoms with Gasteiger partial charge in [-0.3, -0.25) is 0 Å². The average Bonchev–Trinajstić information content (AvgIpc) is 2.52. The predicted molar refractivity (Wildman–Crippen MR) is 89.0 cm³/mol. The standard InChI is InChI=1S/C19H25NO/c1-15(2)20-14-18(16-9-5-4-6-10-16)13-17-11-7-8-12-19(17)21-3/h4-12,15,18,20H,13-14H2,1-3H3. The van der Waals surface area contributed by atoms with E-state index in [1.54, 1.807) is 7.11 Å². The van der Waals surface area contributed by atoms with Crippen molar-refractivity contribution in [2.24, 2.45) is 0 Å². The third-order valence-corrected chi connectivity index (χ3v) is 3.70. The third-order valence-electron chi connectivity index (χ3n) is 3.70. The van der Waals surface area contributed by atoms with Gasteiger partial charge in [0.1, 0.15) is 5.75 Å². The smallest absolute Gasteiger partial charge is 0.122 e. The van der Waals surface area contributed by atoms with Crippen molar-refractivity contribution in [1.82, 2.24) is 5.32 Å². The van der Waals surface area contributed by atoms with E-state index in [0.717, 1.165) is 18.7 Å². The van der Waals surface area contributed by atoms with Crippen LogP contribution in [0.2, 0.25) is 0 Å². The minimum Gasteiger partial charge on any atom is -0.496 e. The molecule has 2 nitrogen and oxygen atoms in total. The molecule has 0 radical (unpaired) electrons. The van der Waals surface area contributed by atoms with Gasteiger partial charge < -0.3 is 10.1 Å². The first-order chi connectivity index (χ1) is 10.2. The van der Waals surface area contributed by atoms with Gasteiger partial charge >= 0.3 is 0 Å². The van der Waals surface area contributed by atoms with Gasteiger partial charge in [-0.1, -0.05) is 62.4 Å². The topological polar surface area (TPSA) is 21.3 Å². The maximum atomic E-state index is 5.49. The second kappa shape index (κ2) is 7.84. The Bertz CT molecular complexity index is 536. The summed E-state index contributed by atoms with van der Waals surface area (Å²) in [4.78, 5) is 0. The molecule has 0 heterocycles. The first-order valence-electron chi connectivity index (χ1n) is 7.61. The van der Waals surface area contributed by atoms with E-state index < -0.39 is 0 Å². The zero-order valence-electron chi connectivity index (χ0n) is 13.2. The molecule has 0 fully saturated rings. The average molecular weight is 283 g/mol. The van der Waals surface area contributed by atoms with Crippen LogP contribution in [0.5, 0.6) is 5.75 Å². The number of ether oxygens (including phenoxy) is 1. The monoisotopic (exact) mass is 283 g/mol. The summed E-state index contributed by atoms with van der Waals surface area (Å²) >= 11 is 0. The van der Waals surface area contributed by atoms with E-state index in [9.17, 15) is 0 Å². The Morgan fingerprint density at radius 1 is 0.952 bits per heavy atom. The first-order valence-corrected chi connectivity index (χ1v) is 7.61. The number of hydrogen-bond acceptors (Lipinski definition) is 2. The van der Waals surface area contributed by atoms with E-state index >= 15 is 0 Å². The number of hydrogen-bond donors (Lipinski definition) is 1. The molecule has 1 N–H and O–H groups in total. The lowest BCUT2D eigenvalue weighted by molar-refractivity contribution is 0.407. The van der Waals surface area contributed by atoms with Crippen LogP contribution in [-0.4, -0.2) is 19.7 Å². The van der Waals surface area contributed by atoms with Crippen LogP contribution in [0.4, 0.5) is 0 Å². The summed E-state index contributed by atoms with van der Waals surface area (Å²) in [5, 5.41) is 3.56. The van der Waals surface area contributed by atoms with Crippen LogP contribution in [-0.2, 0) is 6.42 Å². The summed E-state index contributed by atoms with van der Waals surface area (Å²) in [6.07, 6.45) is 0.980. The lowest BCUT2D eigenvalue weighted by Crippen LogP contribution is -2.29. The molecule has 0 aliphatic carbocycles. The number of rotatable bonds is 7. The minimum absolute atomic E-state index is 0.449. The van der Waals surface area contributed by atoms with E-state index in [-0.39, 0.29) is 0 Å². The highest BCUT2D eigenvalue weighted by Crippen LogP contribution is 2.26. The Balaban J connectivity index is 2.19. The van der Waals surface area contributed by atoms with E-state index in [2.05, 4.69) is 61.6 Å². The Morgan fingerprint density at radius 3 is 2.29 bits per heavy atom. The minimum atomic E-state index is 0.449. The van der Waals surface area contributed by atoms with Gasteiger partial charge in [-0.2, -0.15) is 0 Å². The predicted octanol–water partition coefficient (Wildman–Crippen LogP) is 4.02. The molecule has 0 saturated heterocycles. The van der Waals surface area contributed by atoms with Crippen LogP contribution in [0.15, 0.2) is 54.6 Å². The van der Waals surface area contributed by atoms with E-state index in [1.165, 1.54) is 11.1 Å². The number of para-hydroxylation sites is 1. The van der Waals surface area contributed by atoms with Crippen molar-refractivity contribution < 1.29 is 4.74 Å². The molecule has 2 heteroatoms. The molecular weight excluding hydrogens is 258 g/mol. The summed E-state index contributed by atoms with van der Waals surface area (Å²) in [6, 6.07) is 19.5. The quantitative estimate of drug-likeness (QED) is 0.828. The highest BCUT2D eigenvalue weighted by atomic mass is 16.5. The molecule has 0 bridgehead atoms. The Morgan fingerprint density at radius 2 is 1.62 bits per heavy atom. The van der Waals surface area contributed by atoms with Crippen molar-refractivity contribution in [3.8, 4) is 5.75 Å². The van der Waals surface area contributed by atoms with Crippen LogP contribution >= 0.6 is 0 Å². The summed E-state index contributed by atoms with van der Waals surface area (Å²) < 4.78 is 5.49. The zero-order valence-corrected chi connectivity index (χ0v) is 13.2. The van der Waals surface area contributed by atoms with Gasteiger partial charge in [0.05, 0.1) is 7.11 Å². The summed E-state index contributed by atoms with van der Waals surface area (Å²) in [7, 11) is 1.74. The fourth-order valence-electron chi connectivity index (χ4n) is 2.55. The first kappa shape index (κ1) is 15.6. The van der Waals surface area contributed by atoms with Crippen molar-refractivity contribution in [1.29, 1.82) is 0 Å². The molecule has 2 aromatic carbocycles. The molecule has 112 valence electrons. The molecular formula is C19H25NO. The van der Waals surface area contributed by atoms with E-state index in [1.807, 2.05) is 12.1 Å². The van der Waals surface area contributed by atoms with Gasteiger partial charge in [0, 0.05) is 18.5 Å². The molecule has 2 rings (SSSR count). The number of nitrogens with one attached hydrogen (secondary N) is 1. The van der Waals surface area contributed by atoms with Crippen LogP contribution in [0, 0.1) is 0 Å². The van der Waals surface area contributed by atoms with Crippen LogP contribution in [0.1, 0.15) is 30.9 Å². The lowest BCUT2D eigenvalue weighted by atomic mass is 9.91. The SMILES string of the molecule is COc1ccccc1CC(CNC(C)C)c1ccccc1. The lowest BCUT2D eigenvalue weighted by Gasteiger charge is -2.21. The van der Waals surface area contributed by atoms with Crippen molar-refractivity contribution in [2.75, 3.05) is 13.7 Å². The van der Waals surface area contributed by atoms with Crippen molar-refractivity contribution in [2.45, 2.75) is 32.2 Å². The zero-order chi connectivity index (χ0) is 15.1. The number of benzene rings is 2. The molecule has 0 amide bonds. The molecule has 0 aliphatic rings. The van der Waals surface area contributed by atoms with E-state index in [4.69, 9.17) is 4.74 Å². The number of methoxy groups -OCH3 is 1. The normalized spacial score (nSPS) is 12.4. The highest BCUT2D eigenvalue weighted by molar-refractivity contribution is 5.35. The summed E-state index contributed by atoms with van der Waals surface area (Å²) in [6.45, 7) is 5.34. The van der Waals surface area contributed by atoms with Crippen LogP contribution < -0.4 is 10.1 Å². The second-order valence-electron chi connectivity index (χ2n) is 5.69. The maximum absolute atomic E-state index is 5.49. The molecule has 2 aromatic rings. The molecule has 1 unspecified atom stereocenters. The molecule has 0 saturated carbocycles. The summed E-state index contributed by atoms with van der Waals surface area (Å²) in [5.74, 6) is 1.42. The Hall–Kier alpha value is -1.80. The van der Waals surface area contributed by atoms with Gasteiger partial charge in [-0.05, 0) is 23.6 Å². The molecule has 21 heavy (non-hydrogen) atoms. The fourth-order valence-corrected chi connectivity index (χ4v) is 2.55. The second-order valence-corrected chi connectivity index (χ2v) is 5.69. The highest BCUT2D eigenvalue weighted by Gasteiger charge is 2.15. The molecule has 0 aromatic heterocycles. The van der Waals surface area contributed by atoms with Gasteiger partial charge in [0.15, 0.2) is 0 Å². The fraction of sp³-hybridized carbons (Fsp3) is 0.368. The van der Waals surface area contributed by atoms with Gasteiger partial charge in [0.2, 0.25) is 0 Å². The van der Waals surface area contributed by atoms with Crippen molar-refractivity contribution in [3.63, 3.8) is 0 Å². The van der Waals surface area contributed by atoms with Gasteiger partial charge in [-0.15, -0.1) is 0 Å². The van der Waals surface area contributed by atoms with E-state index in [0.29, 0.717) is 12.0 Å². The van der Waals surface area contributed by atoms with Crippen LogP contribution in [0.25, 0.3) is 0 Å². The summed E-state index contributed by atoms with van der Waals surface area (Å²) in [5.41, 5.74) is 2.64. The van der Waals surface area contributed by atoms with Gasteiger partial charge in [0.25, 0.3) is 0 Å². The maximum Gasteiger partial charge on any atom is 0.122 e.